The molecule has 0 saturated carbocycles. The van der Waals surface area contributed by atoms with E-state index in [1.807, 2.05) is 0 Å². The highest BCUT2D eigenvalue weighted by atomic mass is 19.1. The van der Waals surface area contributed by atoms with E-state index in [0.717, 1.165) is 0 Å². The van der Waals surface area contributed by atoms with Crippen LogP contribution in [0, 0.1) is 5.82 Å². The van der Waals surface area contributed by atoms with Crippen LogP contribution in [0.25, 0.3) is 5.52 Å². The number of hydrogen-bond acceptors (Lipinski definition) is 4. The number of β-amino-alcohol motifs (C(OH)–C–C–N with tert-alkyl or cyclic N) is 1. The normalized spacial score (nSPS) is 20.7. The highest BCUT2D eigenvalue weighted by Gasteiger charge is 2.36. The zero-order chi connectivity index (χ0) is 16.7. The first-order valence-corrected chi connectivity index (χ1v) is 7.65. The Hall–Kier alpha value is -2.80. The van der Waals surface area contributed by atoms with Crippen molar-refractivity contribution in [3.63, 3.8) is 0 Å². The minimum absolute atomic E-state index is 0.206. The third-order valence-corrected chi connectivity index (χ3v) is 4.33. The Bertz CT molecular complexity index is 910. The van der Waals surface area contributed by atoms with Gasteiger partial charge in [-0.15, -0.1) is 0 Å². The van der Waals surface area contributed by atoms with Crippen molar-refractivity contribution in [2.45, 2.75) is 18.6 Å². The number of fused-ring (bicyclic) bond motifs is 1. The summed E-state index contributed by atoms with van der Waals surface area (Å²) in [6.45, 7) is 0.206. The van der Waals surface area contributed by atoms with E-state index in [1.165, 1.54) is 18.3 Å². The van der Waals surface area contributed by atoms with E-state index in [2.05, 4.69) is 10.1 Å². The number of carbonyl (C=O) groups excluding carboxylic acids is 1. The fraction of sp³-hybridized carbons (Fsp3) is 0.235. The largest absolute Gasteiger partial charge is 0.391 e. The van der Waals surface area contributed by atoms with Gasteiger partial charge in [-0.05, 0) is 24.1 Å². The van der Waals surface area contributed by atoms with Gasteiger partial charge in [0.1, 0.15) is 5.82 Å². The molecule has 0 unspecified atom stereocenters. The van der Waals surface area contributed by atoms with Gasteiger partial charge < -0.3 is 10.0 Å². The van der Waals surface area contributed by atoms with Crippen LogP contribution in [0.15, 0.2) is 49.1 Å². The topological polar surface area (TPSA) is 70.7 Å². The molecule has 3 heterocycles. The van der Waals surface area contributed by atoms with Crippen LogP contribution >= 0.6 is 0 Å². The molecule has 1 aromatic carbocycles. The van der Waals surface area contributed by atoms with Crippen LogP contribution in [-0.2, 0) is 0 Å². The molecule has 24 heavy (non-hydrogen) atoms. The third-order valence-electron chi connectivity index (χ3n) is 4.33. The van der Waals surface area contributed by atoms with Crippen molar-refractivity contribution in [3.8, 4) is 0 Å². The highest BCUT2D eigenvalue weighted by molar-refractivity contribution is 6.00. The van der Waals surface area contributed by atoms with Gasteiger partial charge in [0, 0.05) is 18.9 Å². The lowest BCUT2D eigenvalue weighted by molar-refractivity contribution is 0.0717. The van der Waals surface area contributed by atoms with Crippen LogP contribution in [0.2, 0.25) is 0 Å². The van der Waals surface area contributed by atoms with Crippen molar-refractivity contribution >= 4 is 11.4 Å². The Morgan fingerprint density at radius 2 is 2.21 bits per heavy atom. The van der Waals surface area contributed by atoms with Gasteiger partial charge in [-0.1, -0.05) is 12.1 Å². The van der Waals surface area contributed by atoms with Crippen LogP contribution in [0.1, 0.15) is 28.4 Å². The van der Waals surface area contributed by atoms with Gasteiger partial charge in [0.25, 0.3) is 5.91 Å². The molecule has 1 N–H and O–H groups in total. The van der Waals surface area contributed by atoms with Gasteiger partial charge in [0.05, 0.1) is 35.6 Å². The molecular weight excluding hydrogens is 311 g/mol. The van der Waals surface area contributed by atoms with E-state index in [4.69, 9.17) is 0 Å². The molecule has 1 aliphatic heterocycles. The number of halogens is 1. The van der Waals surface area contributed by atoms with Crippen LogP contribution in [0.4, 0.5) is 4.39 Å². The fourth-order valence-electron chi connectivity index (χ4n) is 3.22. The lowest BCUT2D eigenvalue weighted by Gasteiger charge is -2.24. The second-order valence-electron chi connectivity index (χ2n) is 5.88. The van der Waals surface area contributed by atoms with Gasteiger partial charge in [-0.2, -0.15) is 5.10 Å². The first kappa shape index (κ1) is 14.8. The Morgan fingerprint density at radius 1 is 1.33 bits per heavy atom. The standard InChI is InChI=1S/C17H15FN4O2/c18-12-3-1-2-11(6-12)15-7-13(23)10-21(15)17(24)14-8-20-22-5-4-19-9-16(14)22/h1-6,8-9,13,15,23H,7,10H2/t13-,15+/m1/s1. The summed E-state index contributed by atoms with van der Waals surface area (Å²) in [5.74, 6) is -0.606. The van der Waals surface area contributed by atoms with Gasteiger partial charge >= 0.3 is 0 Å². The molecule has 6 nitrogen and oxygen atoms in total. The van der Waals surface area contributed by atoms with Crippen molar-refractivity contribution in [2.24, 2.45) is 0 Å². The zero-order valence-corrected chi connectivity index (χ0v) is 12.7. The van der Waals surface area contributed by atoms with Crippen molar-refractivity contribution in [1.82, 2.24) is 19.5 Å². The summed E-state index contributed by atoms with van der Waals surface area (Å²) in [5.41, 5.74) is 1.69. The van der Waals surface area contributed by atoms with Crippen LogP contribution in [-0.4, -0.2) is 43.2 Å². The summed E-state index contributed by atoms with van der Waals surface area (Å²) in [5, 5.41) is 14.2. The van der Waals surface area contributed by atoms with Crippen molar-refractivity contribution in [2.75, 3.05) is 6.54 Å². The van der Waals surface area contributed by atoms with E-state index in [-0.39, 0.29) is 24.3 Å². The molecule has 2 aromatic heterocycles. The fourth-order valence-corrected chi connectivity index (χ4v) is 3.22. The smallest absolute Gasteiger partial charge is 0.258 e. The number of rotatable bonds is 2. The predicted octanol–water partition coefficient (Wildman–Crippen LogP) is 1.82. The summed E-state index contributed by atoms with van der Waals surface area (Å²) in [4.78, 5) is 18.6. The Kier molecular flexibility index (Phi) is 3.50. The minimum Gasteiger partial charge on any atom is -0.391 e. The Balaban J connectivity index is 1.72. The number of likely N-dealkylation sites (tertiary alicyclic amines) is 1. The molecule has 1 saturated heterocycles. The summed E-state index contributed by atoms with van der Waals surface area (Å²) >= 11 is 0. The number of aliphatic hydroxyl groups excluding tert-OH is 1. The molecule has 1 fully saturated rings. The summed E-state index contributed by atoms with van der Waals surface area (Å²) in [7, 11) is 0. The van der Waals surface area contributed by atoms with Crippen molar-refractivity contribution in [3.05, 3.63) is 66.0 Å². The average molecular weight is 326 g/mol. The molecule has 0 aliphatic carbocycles. The molecule has 1 aliphatic rings. The SMILES string of the molecule is O=C(c1cnn2ccncc12)N1C[C@H](O)C[C@H]1c1cccc(F)c1. The Morgan fingerprint density at radius 3 is 3.04 bits per heavy atom. The maximum atomic E-state index is 13.5. The number of hydrogen-bond donors (Lipinski definition) is 1. The zero-order valence-electron chi connectivity index (χ0n) is 12.7. The molecule has 0 bridgehead atoms. The Labute approximate surface area is 137 Å². The molecule has 0 spiro atoms. The molecule has 2 atom stereocenters. The van der Waals surface area contributed by atoms with E-state index in [9.17, 15) is 14.3 Å². The number of amides is 1. The van der Waals surface area contributed by atoms with Gasteiger partial charge in [-0.3, -0.25) is 9.78 Å². The van der Waals surface area contributed by atoms with E-state index in [0.29, 0.717) is 23.1 Å². The monoisotopic (exact) mass is 326 g/mol. The summed E-state index contributed by atoms with van der Waals surface area (Å²) in [6, 6.07) is 5.77. The maximum absolute atomic E-state index is 13.5. The number of nitrogens with zero attached hydrogens (tertiary/aromatic N) is 4. The van der Waals surface area contributed by atoms with E-state index >= 15 is 0 Å². The highest BCUT2D eigenvalue weighted by Crippen LogP contribution is 2.34. The van der Waals surface area contributed by atoms with Crippen LogP contribution < -0.4 is 0 Å². The molecule has 122 valence electrons. The summed E-state index contributed by atoms with van der Waals surface area (Å²) < 4.78 is 15.1. The van der Waals surface area contributed by atoms with Crippen molar-refractivity contribution in [1.29, 1.82) is 0 Å². The van der Waals surface area contributed by atoms with E-state index in [1.54, 1.807) is 40.1 Å². The molecule has 1 amide bonds. The molecule has 0 radical (unpaired) electrons. The van der Waals surface area contributed by atoms with Crippen molar-refractivity contribution < 1.29 is 14.3 Å². The molecular formula is C17H15FN4O2. The second kappa shape index (κ2) is 5.68. The minimum atomic E-state index is -0.637. The summed E-state index contributed by atoms with van der Waals surface area (Å²) in [6.07, 6.45) is 6.06. The lowest BCUT2D eigenvalue weighted by Crippen LogP contribution is -2.31. The van der Waals surface area contributed by atoms with E-state index < -0.39 is 6.10 Å². The number of aliphatic hydroxyl groups is 1. The van der Waals surface area contributed by atoms with Gasteiger partial charge in [0.2, 0.25) is 0 Å². The maximum Gasteiger partial charge on any atom is 0.258 e. The second-order valence-corrected chi connectivity index (χ2v) is 5.88. The van der Waals surface area contributed by atoms with Gasteiger partial charge in [-0.25, -0.2) is 8.91 Å². The molecule has 4 rings (SSSR count). The molecule has 7 heteroatoms. The van der Waals surface area contributed by atoms with Crippen LogP contribution in [0.5, 0.6) is 0 Å². The van der Waals surface area contributed by atoms with Crippen LogP contribution in [0.3, 0.4) is 0 Å². The van der Waals surface area contributed by atoms with Gasteiger partial charge in [0.15, 0.2) is 0 Å². The first-order valence-electron chi connectivity index (χ1n) is 7.65. The molecule has 3 aromatic rings. The average Bonchev–Trinajstić information content (AvgIpc) is 3.18. The first-order chi connectivity index (χ1) is 11.6. The number of benzene rings is 1. The predicted molar refractivity (Wildman–Crippen MR) is 83.8 cm³/mol. The quantitative estimate of drug-likeness (QED) is 0.780. The number of aromatic nitrogens is 3. The number of carbonyl (C=O) groups is 1. The third kappa shape index (κ3) is 2.43. The lowest BCUT2D eigenvalue weighted by atomic mass is 10.0.